The van der Waals surface area contributed by atoms with Crippen LogP contribution in [-0.4, -0.2) is 18.6 Å². The number of hydrogen-bond acceptors (Lipinski definition) is 3. The largest absolute Gasteiger partial charge is 0.464 e. The van der Waals surface area contributed by atoms with Gasteiger partial charge in [-0.3, -0.25) is 0 Å². The maximum Gasteiger partial charge on any atom is 0.332 e. The first-order valence-corrected chi connectivity index (χ1v) is 5.28. The van der Waals surface area contributed by atoms with Crippen LogP contribution < -0.4 is 5.32 Å². The van der Waals surface area contributed by atoms with E-state index in [1.54, 1.807) is 13.8 Å². The topological polar surface area (TPSA) is 38.3 Å². The summed E-state index contributed by atoms with van der Waals surface area (Å²) in [5.74, 6) is -0.293. The molecule has 0 saturated heterocycles. The van der Waals surface area contributed by atoms with Crippen LogP contribution in [0.2, 0.25) is 0 Å². The van der Waals surface area contributed by atoms with E-state index < -0.39 is 6.04 Å². The Labute approximate surface area is 96.1 Å². The quantitative estimate of drug-likeness (QED) is 0.611. The molecule has 1 aromatic rings. The number of esters is 1. The van der Waals surface area contributed by atoms with Crippen LogP contribution in [-0.2, 0) is 9.53 Å². The first kappa shape index (κ1) is 12.3. The molecule has 0 aliphatic rings. The molecule has 1 unspecified atom stereocenters. The number of ether oxygens (including phenoxy) is 1. The second-order valence-corrected chi connectivity index (χ2v) is 3.54. The van der Waals surface area contributed by atoms with Gasteiger partial charge in [-0.1, -0.05) is 24.8 Å². The highest BCUT2D eigenvalue weighted by molar-refractivity contribution is 5.82. The van der Waals surface area contributed by atoms with Crippen molar-refractivity contribution in [1.82, 2.24) is 0 Å². The van der Waals surface area contributed by atoms with Gasteiger partial charge >= 0.3 is 5.97 Å². The molecule has 1 atom stereocenters. The van der Waals surface area contributed by atoms with Crippen molar-refractivity contribution in [2.24, 2.45) is 0 Å². The van der Waals surface area contributed by atoms with Gasteiger partial charge in [0.15, 0.2) is 0 Å². The zero-order valence-corrected chi connectivity index (χ0v) is 9.69. The highest BCUT2D eigenvalue weighted by Gasteiger charge is 2.19. The van der Waals surface area contributed by atoms with Gasteiger partial charge in [-0.2, -0.15) is 0 Å². The standard InChI is InChI=1S/C13H17NO2/c1-4-16-13(15)12(10(2)3)14-11-8-6-5-7-9-11/h5-9,12,14H,2,4H2,1,3H3. The summed E-state index contributed by atoms with van der Waals surface area (Å²) in [5.41, 5.74) is 1.62. The van der Waals surface area contributed by atoms with Crippen LogP contribution in [0.4, 0.5) is 5.69 Å². The Morgan fingerprint density at radius 2 is 2.06 bits per heavy atom. The van der Waals surface area contributed by atoms with Crippen LogP contribution in [0.1, 0.15) is 13.8 Å². The lowest BCUT2D eigenvalue weighted by Gasteiger charge is -2.18. The van der Waals surface area contributed by atoms with Gasteiger partial charge < -0.3 is 10.1 Å². The lowest BCUT2D eigenvalue weighted by molar-refractivity contribution is -0.143. The van der Waals surface area contributed by atoms with Crippen LogP contribution in [0, 0.1) is 0 Å². The third-order valence-electron chi connectivity index (χ3n) is 2.10. The van der Waals surface area contributed by atoms with Crippen molar-refractivity contribution in [1.29, 1.82) is 0 Å². The SMILES string of the molecule is C=C(C)C(Nc1ccccc1)C(=O)OCC. The summed E-state index contributed by atoms with van der Waals surface area (Å²) < 4.78 is 4.98. The zero-order chi connectivity index (χ0) is 12.0. The van der Waals surface area contributed by atoms with Gasteiger partial charge in [-0.25, -0.2) is 4.79 Å². The molecule has 0 fully saturated rings. The second kappa shape index (κ2) is 5.95. The number of carbonyl (C=O) groups excluding carboxylic acids is 1. The van der Waals surface area contributed by atoms with E-state index in [9.17, 15) is 4.79 Å². The number of para-hydroxylation sites is 1. The van der Waals surface area contributed by atoms with Crippen LogP contribution in [0.25, 0.3) is 0 Å². The Hall–Kier alpha value is -1.77. The minimum Gasteiger partial charge on any atom is -0.464 e. The minimum atomic E-state index is -0.484. The molecule has 16 heavy (non-hydrogen) atoms. The van der Waals surface area contributed by atoms with Crippen LogP contribution >= 0.6 is 0 Å². The number of nitrogens with one attached hydrogen (secondary N) is 1. The summed E-state index contributed by atoms with van der Waals surface area (Å²) in [5, 5.41) is 3.09. The summed E-state index contributed by atoms with van der Waals surface area (Å²) in [6.07, 6.45) is 0. The van der Waals surface area contributed by atoms with Gasteiger partial charge in [0.05, 0.1) is 6.61 Å². The van der Waals surface area contributed by atoms with E-state index in [-0.39, 0.29) is 5.97 Å². The molecule has 0 bridgehead atoms. The van der Waals surface area contributed by atoms with Crippen molar-refractivity contribution in [3.8, 4) is 0 Å². The molecule has 1 aromatic carbocycles. The van der Waals surface area contributed by atoms with Crippen molar-refractivity contribution < 1.29 is 9.53 Å². The summed E-state index contributed by atoms with van der Waals surface area (Å²) in [6, 6.07) is 9.05. The van der Waals surface area contributed by atoms with E-state index in [2.05, 4.69) is 11.9 Å². The third-order valence-corrected chi connectivity index (χ3v) is 2.10. The smallest absolute Gasteiger partial charge is 0.332 e. The van der Waals surface area contributed by atoms with Gasteiger partial charge in [0.25, 0.3) is 0 Å². The number of hydrogen-bond donors (Lipinski definition) is 1. The maximum absolute atomic E-state index is 11.6. The molecule has 0 saturated carbocycles. The lowest BCUT2D eigenvalue weighted by Crippen LogP contribution is -2.32. The van der Waals surface area contributed by atoms with Crippen molar-refractivity contribution in [2.75, 3.05) is 11.9 Å². The number of anilines is 1. The summed E-state index contributed by atoms with van der Waals surface area (Å²) in [6.45, 7) is 7.76. The Morgan fingerprint density at radius 1 is 1.44 bits per heavy atom. The molecular formula is C13H17NO2. The predicted molar refractivity (Wildman–Crippen MR) is 65.3 cm³/mol. The summed E-state index contributed by atoms with van der Waals surface area (Å²) >= 11 is 0. The molecule has 0 heterocycles. The van der Waals surface area contributed by atoms with Gasteiger partial charge in [-0.15, -0.1) is 0 Å². The molecule has 0 aromatic heterocycles. The number of benzene rings is 1. The van der Waals surface area contributed by atoms with Gasteiger partial charge in [-0.05, 0) is 31.6 Å². The van der Waals surface area contributed by atoms with E-state index in [1.165, 1.54) is 0 Å². The Morgan fingerprint density at radius 3 is 2.56 bits per heavy atom. The first-order valence-electron chi connectivity index (χ1n) is 5.28. The molecule has 0 aliphatic carbocycles. The van der Waals surface area contributed by atoms with Gasteiger partial charge in [0.2, 0.25) is 0 Å². The van der Waals surface area contributed by atoms with Crippen LogP contribution in [0.5, 0.6) is 0 Å². The average Bonchev–Trinajstić information content (AvgIpc) is 2.27. The fourth-order valence-electron chi connectivity index (χ4n) is 1.31. The molecule has 1 N–H and O–H groups in total. The van der Waals surface area contributed by atoms with Crippen molar-refractivity contribution in [3.05, 3.63) is 42.5 Å². The second-order valence-electron chi connectivity index (χ2n) is 3.54. The minimum absolute atomic E-state index is 0.293. The maximum atomic E-state index is 11.6. The van der Waals surface area contributed by atoms with E-state index in [4.69, 9.17) is 4.74 Å². The van der Waals surface area contributed by atoms with Crippen molar-refractivity contribution in [3.63, 3.8) is 0 Å². The molecule has 1 rings (SSSR count). The Balaban J connectivity index is 2.73. The molecule has 0 radical (unpaired) electrons. The summed E-state index contributed by atoms with van der Waals surface area (Å²) in [4.78, 5) is 11.6. The van der Waals surface area contributed by atoms with Crippen LogP contribution in [0.15, 0.2) is 42.5 Å². The molecule has 0 amide bonds. The normalized spacial score (nSPS) is 11.6. The highest BCUT2D eigenvalue weighted by Crippen LogP contribution is 2.12. The van der Waals surface area contributed by atoms with Crippen molar-refractivity contribution >= 4 is 11.7 Å². The fraction of sp³-hybridized carbons (Fsp3) is 0.308. The Kier molecular flexibility index (Phi) is 4.58. The van der Waals surface area contributed by atoms with Gasteiger partial charge in [0, 0.05) is 5.69 Å². The van der Waals surface area contributed by atoms with E-state index in [0.717, 1.165) is 11.3 Å². The van der Waals surface area contributed by atoms with E-state index >= 15 is 0 Å². The van der Waals surface area contributed by atoms with Gasteiger partial charge in [0.1, 0.15) is 6.04 Å². The molecule has 3 nitrogen and oxygen atoms in total. The molecule has 0 spiro atoms. The predicted octanol–water partition coefficient (Wildman–Crippen LogP) is 2.61. The van der Waals surface area contributed by atoms with E-state index in [1.807, 2.05) is 30.3 Å². The first-order chi connectivity index (χ1) is 7.65. The molecule has 0 aliphatic heterocycles. The summed E-state index contributed by atoms with van der Waals surface area (Å²) in [7, 11) is 0. The lowest BCUT2D eigenvalue weighted by atomic mass is 10.1. The monoisotopic (exact) mass is 219 g/mol. The number of carbonyl (C=O) groups is 1. The van der Waals surface area contributed by atoms with Crippen LogP contribution in [0.3, 0.4) is 0 Å². The zero-order valence-electron chi connectivity index (χ0n) is 9.69. The molecular weight excluding hydrogens is 202 g/mol. The average molecular weight is 219 g/mol. The number of rotatable bonds is 5. The molecule has 3 heteroatoms. The van der Waals surface area contributed by atoms with Crippen molar-refractivity contribution in [2.45, 2.75) is 19.9 Å². The Bertz CT molecular complexity index is 359. The third kappa shape index (κ3) is 3.42. The molecule has 86 valence electrons. The highest BCUT2D eigenvalue weighted by atomic mass is 16.5. The fourth-order valence-corrected chi connectivity index (χ4v) is 1.31. The van der Waals surface area contributed by atoms with E-state index in [0.29, 0.717) is 6.61 Å².